The molecule has 0 saturated heterocycles. The lowest BCUT2D eigenvalue weighted by Gasteiger charge is -2.23. The number of rotatable bonds is 8. The predicted octanol–water partition coefficient (Wildman–Crippen LogP) is 1.27. The van der Waals surface area contributed by atoms with Gasteiger partial charge in [-0.05, 0) is 11.4 Å². The Bertz CT molecular complexity index is 374. The summed E-state index contributed by atoms with van der Waals surface area (Å²) >= 11 is 1.54. The molecule has 108 valence electrons. The first kappa shape index (κ1) is 16.0. The van der Waals surface area contributed by atoms with Crippen molar-refractivity contribution >= 4 is 17.2 Å². The number of hydrogen-bond donors (Lipinski definition) is 1. The van der Waals surface area contributed by atoms with Gasteiger partial charge < -0.3 is 10.0 Å². The smallest absolute Gasteiger partial charge is 0.251 e. The van der Waals surface area contributed by atoms with Gasteiger partial charge in [-0.2, -0.15) is 0 Å². The molecule has 1 rings (SSSR count). The summed E-state index contributed by atoms with van der Waals surface area (Å²) < 4.78 is 24.6. The van der Waals surface area contributed by atoms with Gasteiger partial charge in [-0.3, -0.25) is 9.69 Å². The standard InChI is InChI=1S/C12H18F2N2O2S/c1-15(7-10-3-2-6-19-10)12(18)9-16(4-5-17)8-11(13)14/h2-3,6,11,17H,4-5,7-9H2,1H3. The summed E-state index contributed by atoms with van der Waals surface area (Å²) in [5.41, 5.74) is 0. The van der Waals surface area contributed by atoms with E-state index in [4.69, 9.17) is 5.11 Å². The van der Waals surface area contributed by atoms with Crippen molar-refractivity contribution in [2.75, 3.05) is 33.3 Å². The van der Waals surface area contributed by atoms with E-state index in [1.54, 1.807) is 18.4 Å². The molecule has 0 fully saturated rings. The maximum Gasteiger partial charge on any atom is 0.251 e. The Kier molecular flexibility index (Phi) is 6.90. The number of amides is 1. The lowest BCUT2D eigenvalue weighted by Crippen LogP contribution is -2.41. The molecule has 1 aromatic heterocycles. The highest BCUT2D eigenvalue weighted by Crippen LogP contribution is 2.11. The number of thiophene rings is 1. The molecule has 4 nitrogen and oxygen atoms in total. The van der Waals surface area contributed by atoms with Crippen LogP contribution in [-0.4, -0.2) is 60.5 Å². The number of carbonyl (C=O) groups excluding carboxylic acids is 1. The molecular formula is C12H18F2N2O2S. The third kappa shape index (κ3) is 6.09. The van der Waals surface area contributed by atoms with Gasteiger partial charge in [-0.25, -0.2) is 8.78 Å². The third-order valence-corrected chi connectivity index (χ3v) is 3.43. The molecule has 0 radical (unpaired) electrons. The normalized spacial score (nSPS) is 11.3. The minimum atomic E-state index is -2.51. The van der Waals surface area contributed by atoms with Gasteiger partial charge >= 0.3 is 0 Å². The van der Waals surface area contributed by atoms with Gasteiger partial charge in [0.1, 0.15) is 0 Å². The molecule has 0 saturated carbocycles. The Morgan fingerprint density at radius 2 is 2.26 bits per heavy atom. The molecular weight excluding hydrogens is 274 g/mol. The molecule has 0 aliphatic heterocycles. The Hall–Kier alpha value is -1.05. The summed E-state index contributed by atoms with van der Waals surface area (Å²) in [5, 5.41) is 10.7. The first-order valence-electron chi connectivity index (χ1n) is 5.90. The molecule has 19 heavy (non-hydrogen) atoms. The second kappa shape index (κ2) is 8.19. The van der Waals surface area contributed by atoms with Crippen molar-refractivity contribution in [3.63, 3.8) is 0 Å². The zero-order valence-electron chi connectivity index (χ0n) is 10.8. The van der Waals surface area contributed by atoms with Crippen molar-refractivity contribution in [1.82, 2.24) is 9.80 Å². The van der Waals surface area contributed by atoms with Crippen molar-refractivity contribution in [3.05, 3.63) is 22.4 Å². The molecule has 0 unspecified atom stereocenters. The number of carbonyl (C=O) groups is 1. The fourth-order valence-corrected chi connectivity index (χ4v) is 2.37. The summed E-state index contributed by atoms with van der Waals surface area (Å²) in [5.74, 6) is -0.234. The summed E-state index contributed by atoms with van der Waals surface area (Å²) in [6.07, 6.45) is -2.51. The van der Waals surface area contributed by atoms with Crippen LogP contribution >= 0.6 is 11.3 Å². The molecule has 0 aliphatic rings. The third-order valence-electron chi connectivity index (χ3n) is 2.57. The SMILES string of the molecule is CN(Cc1cccs1)C(=O)CN(CCO)CC(F)F. The molecule has 1 aromatic rings. The minimum Gasteiger partial charge on any atom is -0.395 e. The van der Waals surface area contributed by atoms with Gasteiger partial charge in [0, 0.05) is 18.5 Å². The second-order valence-electron chi connectivity index (χ2n) is 4.18. The van der Waals surface area contributed by atoms with Crippen molar-refractivity contribution in [2.45, 2.75) is 13.0 Å². The van der Waals surface area contributed by atoms with Crippen LogP contribution in [0, 0.1) is 0 Å². The average molecular weight is 292 g/mol. The number of aliphatic hydroxyl groups excluding tert-OH is 1. The largest absolute Gasteiger partial charge is 0.395 e. The average Bonchev–Trinajstić information content (AvgIpc) is 2.81. The number of alkyl halides is 2. The van der Waals surface area contributed by atoms with Crippen molar-refractivity contribution in [1.29, 1.82) is 0 Å². The first-order valence-corrected chi connectivity index (χ1v) is 6.78. The zero-order valence-corrected chi connectivity index (χ0v) is 11.6. The number of aliphatic hydroxyl groups is 1. The van der Waals surface area contributed by atoms with E-state index in [9.17, 15) is 13.6 Å². The monoisotopic (exact) mass is 292 g/mol. The van der Waals surface area contributed by atoms with Gasteiger partial charge in [0.2, 0.25) is 5.91 Å². The molecule has 1 amide bonds. The van der Waals surface area contributed by atoms with Crippen molar-refractivity contribution in [2.24, 2.45) is 0 Å². The van der Waals surface area contributed by atoms with E-state index >= 15 is 0 Å². The van der Waals surface area contributed by atoms with Gasteiger partial charge in [0.15, 0.2) is 0 Å². The lowest BCUT2D eigenvalue weighted by atomic mass is 10.4. The van der Waals surface area contributed by atoms with E-state index < -0.39 is 13.0 Å². The summed E-state index contributed by atoms with van der Waals surface area (Å²) in [7, 11) is 1.64. The molecule has 0 aromatic carbocycles. The topological polar surface area (TPSA) is 43.8 Å². The van der Waals surface area contributed by atoms with Crippen molar-refractivity contribution in [3.8, 4) is 0 Å². The van der Waals surface area contributed by atoms with E-state index in [2.05, 4.69) is 0 Å². The van der Waals surface area contributed by atoms with Gasteiger partial charge in [-0.1, -0.05) is 6.07 Å². The van der Waals surface area contributed by atoms with Crippen LogP contribution in [0.4, 0.5) is 8.78 Å². The Labute approximate surface area is 115 Å². The first-order chi connectivity index (χ1) is 9.02. The number of likely N-dealkylation sites (N-methyl/N-ethyl adjacent to an activating group) is 1. The number of halogens is 2. The van der Waals surface area contributed by atoms with E-state index in [1.165, 1.54) is 9.80 Å². The zero-order chi connectivity index (χ0) is 14.3. The fraction of sp³-hybridized carbons (Fsp3) is 0.583. The van der Waals surface area contributed by atoms with Crippen LogP contribution in [-0.2, 0) is 11.3 Å². The highest BCUT2D eigenvalue weighted by Gasteiger charge is 2.17. The minimum absolute atomic E-state index is 0.0723. The summed E-state index contributed by atoms with van der Waals surface area (Å²) in [6, 6.07) is 3.81. The molecule has 7 heteroatoms. The number of hydrogen-bond acceptors (Lipinski definition) is 4. The van der Waals surface area contributed by atoms with Crippen LogP contribution in [0.2, 0.25) is 0 Å². The van der Waals surface area contributed by atoms with Crippen LogP contribution in [0.25, 0.3) is 0 Å². The molecule has 1 N–H and O–H groups in total. The van der Waals surface area contributed by atoms with Crippen LogP contribution < -0.4 is 0 Å². The predicted molar refractivity (Wildman–Crippen MR) is 70.3 cm³/mol. The Morgan fingerprint density at radius 1 is 1.53 bits per heavy atom. The van der Waals surface area contributed by atoms with Crippen LogP contribution in [0.1, 0.15) is 4.88 Å². The molecule has 0 bridgehead atoms. The molecule has 0 atom stereocenters. The van der Waals surface area contributed by atoms with Crippen LogP contribution in [0.5, 0.6) is 0 Å². The maximum atomic E-state index is 12.3. The highest BCUT2D eigenvalue weighted by molar-refractivity contribution is 7.09. The Morgan fingerprint density at radius 3 is 2.79 bits per heavy atom. The highest BCUT2D eigenvalue weighted by atomic mass is 32.1. The van der Waals surface area contributed by atoms with E-state index in [-0.39, 0.29) is 25.6 Å². The quantitative estimate of drug-likeness (QED) is 0.784. The van der Waals surface area contributed by atoms with Crippen LogP contribution in [0.3, 0.4) is 0 Å². The lowest BCUT2D eigenvalue weighted by molar-refractivity contribution is -0.132. The molecule has 1 heterocycles. The molecule has 0 spiro atoms. The molecule has 0 aliphatic carbocycles. The van der Waals surface area contributed by atoms with E-state index in [0.717, 1.165) is 4.88 Å². The van der Waals surface area contributed by atoms with Gasteiger partial charge in [0.05, 0.1) is 26.2 Å². The summed E-state index contributed by atoms with van der Waals surface area (Å²) in [6.45, 7) is -0.304. The van der Waals surface area contributed by atoms with E-state index in [0.29, 0.717) is 6.54 Å². The fourth-order valence-electron chi connectivity index (χ4n) is 1.61. The van der Waals surface area contributed by atoms with Crippen molar-refractivity contribution < 1.29 is 18.7 Å². The number of nitrogens with zero attached hydrogens (tertiary/aromatic N) is 2. The van der Waals surface area contributed by atoms with Crippen LogP contribution in [0.15, 0.2) is 17.5 Å². The summed E-state index contributed by atoms with van der Waals surface area (Å²) in [4.78, 5) is 15.7. The van der Waals surface area contributed by atoms with Gasteiger partial charge in [-0.15, -0.1) is 11.3 Å². The van der Waals surface area contributed by atoms with E-state index in [1.807, 2.05) is 17.5 Å². The van der Waals surface area contributed by atoms with Gasteiger partial charge in [0.25, 0.3) is 6.43 Å². The second-order valence-corrected chi connectivity index (χ2v) is 5.21. The Balaban J connectivity index is 2.46. The maximum absolute atomic E-state index is 12.3.